The van der Waals surface area contributed by atoms with Gasteiger partial charge >= 0.3 is 0 Å². The van der Waals surface area contributed by atoms with Crippen molar-refractivity contribution in [2.24, 2.45) is 5.73 Å². The molecular formula is C16H17FN6O2. The highest BCUT2D eigenvalue weighted by Crippen LogP contribution is 2.28. The predicted molar refractivity (Wildman–Crippen MR) is 90.9 cm³/mol. The summed E-state index contributed by atoms with van der Waals surface area (Å²) in [5, 5.41) is 7.12. The molecule has 0 aliphatic carbocycles. The lowest BCUT2D eigenvalue weighted by atomic mass is 10.1. The summed E-state index contributed by atoms with van der Waals surface area (Å²) in [4.78, 5) is 15.9. The minimum Gasteiger partial charge on any atom is -0.496 e. The van der Waals surface area contributed by atoms with Crippen LogP contribution in [0.2, 0.25) is 0 Å². The quantitative estimate of drug-likeness (QED) is 0.648. The van der Waals surface area contributed by atoms with Gasteiger partial charge in [0.05, 0.1) is 13.2 Å². The first kappa shape index (κ1) is 16.5. The number of rotatable bonds is 5. The van der Waals surface area contributed by atoms with Crippen molar-refractivity contribution in [2.45, 2.75) is 13.0 Å². The van der Waals surface area contributed by atoms with E-state index in [1.54, 1.807) is 18.3 Å². The molecule has 0 spiro atoms. The number of amides is 1. The average molecular weight is 344 g/mol. The smallest absolute Gasteiger partial charge is 0.256 e. The Hall–Kier alpha value is -3.36. The average Bonchev–Trinajstić information content (AvgIpc) is 2.90. The van der Waals surface area contributed by atoms with Gasteiger partial charge in [0.25, 0.3) is 5.91 Å². The molecule has 0 saturated heterocycles. The molecular weight excluding hydrogens is 327 g/mol. The van der Waals surface area contributed by atoms with Crippen molar-refractivity contribution in [1.29, 1.82) is 0 Å². The van der Waals surface area contributed by atoms with E-state index in [1.165, 1.54) is 23.8 Å². The number of nitrogens with zero attached hydrogens (tertiary/aromatic N) is 3. The van der Waals surface area contributed by atoms with Crippen LogP contribution in [0.15, 0.2) is 30.5 Å². The molecule has 5 N–H and O–H groups in total. The maximum Gasteiger partial charge on any atom is 0.256 e. The van der Waals surface area contributed by atoms with Crippen LogP contribution < -0.4 is 21.5 Å². The summed E-state index contributed by atoms with van der Waals surface area (Å²) < 4.78 is 20.2. The summed E-state index contributed by atoms with van der Waals surface area (Å²) >= 11 is 0. The highest BCUT2D eigenvalue weighted by atomic mass is 19.1. The van der Waals surface area contributed by atoms with Crippen molar-refractivity contribution in [3.05, 3.63) is 47.4 Å². The van der Waals surface area contributed by atoms with Gasteiger partial charge in [-0.25, -0.2) is 13.9 Å². The molecule has 0 aliphatic heterocycles. The number of carbonyl (C=O) groups excluding carboxylic acids is 1. The van der Waals surface area contributed by atoms with Gasteiger partial charge in [0, 0.05) is 11.8 Å². The summed E-state index contributed by atoms with van der Waals surface area (Å²) in [5.74, 6) is -0.0657. The molecule has 130 valence electrons. The van der Waals surface area contributed by atoms with E-state index in [2.05, 4.69) is 15.4 Å². The van der Waals surface area contributed by atoms with Crippen LogP contribution in [0.5, 0.6) is 5.75 Å². The number of nitrogens with two attached hydrogens (primary N) is 2. The van der Waals surface area contributed by atoms with Crippen LogP contribution in [0.25, 0.3) is 5.65 Å². The summed E-state index contributed by atoms with van der Waals surface area (Å²) in [7, 11) is 1.52. The summed E-state index contributed by atoms with van der Waals surface area (Å²) in [6.07, 6.45) is 1.60. The first-order valence-corrected chi connectivity index (χ1v) is 7.45. The van der Waals surface area contributed by atoms with Gasteiger partial charge in [-0.1, -0.05) is 0 Å². The number of hydrogen-bond acceptors (Lipinski definition) is 6. The van der Waals surface area contributed by atoms with Crippen molar-refractivity contribution in [3.8, 4) is 5.75 Å². The van der Waals surface area contributed by atoms with Gasteiger partial charge in [0.2, 0.25) is 0 Å². The minimum atomic E-state index is -0.711. The second-order valence-electron chi connectivity index (χ2n) is 5.46. The zero-order valence-corrected chi connectivity index (χ0v) is 13.7. The number of primary amides is 1. The van der Waals surface area contributed by atoms with E-state index >= 15 is 0 Å². The molecule has 3 aromatic rings. The molecule has 0 fully saturated rings. The lowest BCUT2D eigenvalue weighted by molar-refractivity contribution is 0.100. The largest absolute Gasteiger partial charge is 0.496 e. The molecule has 1 atom stereocenters. The Morgan fingerprint density at radius 3 is 2.84 bits per heavy atom. The Morgan fingerprint density at radius 2 is 2.16 bits per heavy atom. The van der Waals surface area contributed by atoms with Gasteiger partial charge in [-0.15, -0.1) is 5.10 Å². The highest BCUT2D eigenvalue weighted by Gasteiger charge is 2.18. The van der Waals surface area contributed by atoms with E-state index in [0.717, 1.165) is 0 Å². The number of hydrogen-bond donors (Lipinski definition) is 3. The zero-order chi connectivity index (χ0) is 18.1. The van der Waals surface area contributed by atoms with Crippen LogP contribution in [-0.2, 0) is 0 Å². The van der Waals surface area contributed by atoms with Crippen LogP contribution >= 0.6 is 0 Å². The molecule has 2 heterocycles. The van der Waals surface area contributed by atoms with Gasteiger partial charge in [-0.3, -0.25) is 4.79 Å². The Bertz CT molecular complexity index is 955. The number of nitrogen functional groups attached to an aromatic ring is 1. The number of aromatic nitrogens is 3. The summed E-state index contributed by atoms with van der Waals surface area (Å²) in [6, 6.07) is 5.63. The van der Waals surface area contributed by atoms with Crippen molar-refractivity contribution >= 4 is 23.2 Å². The number of anilines is 2. The summed E-state index contributed by atoms with van der Waals surface area (Å²) in [5.41, 5.74) is 12.0. The van der Waals surface area contributed by atoms with Gasteiger partial charge in [0.15, 0.2) is 11.5 Å². The molecule has 9 heteroatoms. The Morgan fingerprint density at radius 1 is 1.40 bits per heavy atom. The Balaban J connectivity index is 1.96. The molecule has 1 aromatic carbocycles. The maximum absolute atomic E-state index is 13.6. The first-order chi connectivity index (χ1) is 11.9. The zero-order valence-electron chi connectivity index (χ0n) is 13.7. The molecule has 0 unspecified atom stereocenters. The maximum atomic E-state index is 13.6. The van der Waals surface area contributed by atoms with Crippen molar-refractivity contribution in [3.63, 3.8) is 0 Å². The number of fused-ring (bicyclic) bond motifs is 1. The van der Waals surface area contributed by atoms with E-state index in [0.29, 0.717) is 17.1 Å². The second-order valence-corrected chi connectivity index (χ2v) is 5.46. The number of nitrogens with one attached hydrogen (secondary N) is 1. The van der Waals surface area contributed by atoms with E-state index in [9.17, 15) is 9.18 Å². The van der Waals surface area contributed by atoms with E-state index in [1.807, 2.05) is 6.92 Å². The molecule has 3 rings (SSSR count). The van der Waals surface area contributed by atoms with Gasteiger partial charge < -0.3 is 21.5 Å². The fraction of sp³-hybridized carbons (Fsp3) is 0.188. The van der Waals surface area contributed by atoms with Crippen LogP contribution in [0.4, 0.5) is 16.0 Å². The monoisotopic (exact) mass is 344 g/mol. The number of ether oxygens (including phenoxy) is 1. The van der Waals surface area contributed by atoms with Crippen molar-refractivity contribution < 1.29 is 13.9 Å². The Kier molecular flexibility index (Phi) is 4.14. The summed E-state index contributed by atoms with van der Waals surface area (Å²) in [6.45, 7) is 1.84. The predicted octanol–water partition coefficient (Wildman–Crippen LogP) is 1.73. The number of methoxy groups -OCH3 is 1. The lowest BCUT2D eigenvalue weighted by Crippen LogP contribution is -2.14. The molecule has 0 aliphatic rings. The van der Waals surface area contributed by atoms with E-state index in [-0.39, 0.29) is 28.9 Å². The molecule has 2 aromatic heterocycles. The van der Waals surface area contributed by atoms with Gasteiger partial charge in [0.1, 0.15) is 22.9 Å². The van der Waals surface area contributed by atoms with Gasteiger partial charge in [-0.05, 0) is 31.2 Å². The molecule has 25 heavy (non-hydrogen) atoms. The van der Waals surface area contributed by atoms with Crippen LogP contribution in [-0.4, -0.2) is 27.6 Å². The number of benzene rings is 1. The molecule has 1 amide bonds. The molecule has 8 nitrogen and oxygen atoms in total. The van der Waals surface area contributed by atoms with Crippen molar-refractivity contribution in [1.82, 2.24) is 14.6 Å². The SMILES string of the molecule is COc1ccc(F)cc1[C@@H](C)Nc1ccn2nc(N)c(C(N)=O)c2n1. The highest BCUT2D eigenvalue weighted by molar-refractivity contribution is 6.03. The van der Waals surface area contributed by atoms with Crippen LogP contribution in [0.3, 0.4) is 0 Å². The third-order valence-corrected chi connectivity index (χ3v) is 3.78. The number of carbonyl (C=O) groups is 1. The van der Waals surface area contributed by atoms with Crippen molar-refractivity contribution in [2.75, 3.05) is 18.2 Å². The third-order valence-electron chi connectivity index (χ3n) is 3.78. The van der Waals surface area contributed by atoms with E-state index < -0.39 is 5.91 Å². The third kappa shape index (κ3) is 3.03. The Labute approximate surface area is 142 Å². The normalized spacial score (nSPS) is 12.1. The topological polar surface area (TPSA) is 121 Å². The lowest BCUT2D eigenvalue weighted by Gasteiger charge is -2.18. The standard InChI is InChI=1S/C16H17FN6O2/c1-8(10-7-9(17)3-4-11(10)25-2)20-12-5-6-23-16(21-12)13(15(19)24)14(18)22-23/h3-8H,1-2H3,(H2,18,22)(H2,19,24)(H,20,21)/t8-/m1/s1. The van der Waals surface area contributed by atoms with Crippen LogP contribution in [0.1, 0.15) is 28.9 Å². The molecule has 0 bridgehead atoms. The molecule has 0 saturated carbocycles. The fourth-order valence-corrected chi connectivity index (χ4v) is 2.61. The first-order valence-electron chi connectivity index (χ1n) is 7.45. The van der Waals surface area contributed by atoms with Gasteiger partial charge in [-0.2, -0.15) is 0 Å². The fourth-order valence-electron chi connectivity index (χ4n) is 2.61. The van der Waals surface area contributed by atoms with E-state index in [4.69, 9.17) is 16.2 Å². The number of halogens is 1. The second kappa shape index (κ2) is 6.27. The molecule has 0 radical (unpaired) electrons. The van der Waals surface area contributed by atoms with Crippen LogP contribution in [0, 0.1) is 5.82 Å². The minimum absolute atomic E-state index is 0.0111.